The molecule has 0 bridgehead atoms. The number of carbonyl (C=O) groups is 1. The van der Waals surface area contributed by atoms with E-state index in [2.05, 4.69) is 21.9 Å². The molecule has 6 heteroatoms. The Balaban J connectivity index is 1.63. The number of rotatable bonds is 2. The van der Waals surface area contributed by atoms with Gasteiger partial charge in [0.25, 0.3) is 0 Å². The first-order chi connectivity index (χ1) is 13.1. The summed E-state index contributed by atoms with van der Waals surface area (Å²) in [5.41, 5.74) is 5.33. The number of anilines is 1. The Morgan fingerprint density at radius 2 is 2.11 bits per heavy atom. The molecular weight excluding hydrogens is 360 g/mol. The number of nitrogens with one attached hydrogen (secondary N) is 1. The molecule has 5 nitrogen and oxygen atoms in total. The minimum atomic E-state index is -0.147. The van der Waals surface area contributed by atoms with E-state index in [1.165, 1.54) is 0 Å². The SMILES string of the molecule is Cc1noc2c1C(c1ccsc1)C1=C(CC(c3ccccc3O)CC1=O)N2. The van der Waals surface area contributed by atoms with Crippen LogP contribution in [0.15, 0.2) is 56.9 Å². The van der Waals surface area contributed by atoms with Crippen LogP contribution in [0.4, 0.5) is 5.88 Å². The van der Waals surface area contributed by atoms with Crippen LogP contribution in [0.25, 0.3) is 0 Å². The highest BCUT2D eigenvalue weighted by Gasteiger charge is 2.41. The molecule has 0 spiro atoms. The predicted octanol–water partition coefficient (Wildman–Crippen LogP) is 4.71. The van der Waals surface area contributed by atoms with Crippen molar-refractivity contribution >= 4 is 23.0 Å². The van der Waals surface area contributed by atoms with Crippen molar-refractivity contribution < 1.29 is 14.4 Å². The van der Waals surface area contributed by atoms with Crippen LogP contribution in [0.2, 0.25) is 0 Å². The van der Waals surface area contributed by atoms with E-state index >= 15 is 0 Å². The van der Waals surface area contributed by atoms with Crippen LogP contribution >= 0.6 is 11.3 Å². The fourth-order valence-corrected chi connectivity index (χ4v) is 4.98. The lowest BCUT2D eigenvalue weighted by Crippen LogP contribution is -2.29. The first-order valence-electron chi connectivity index (χ1n) is 8.93. The number of aromatic hydroxyl groups is 1. The maximum atomic E-state index is 13.2. The predicted molar refractivity (Wildman–Crippen MR) is 103 cm³/mol. The second-order valence-corrected chi connectivity index (χ2v) is 7.88. The summed E-state index contributed by atoms with van der Waals surface area (Å²) in [7, 11) is 0. The zero-order chi connectivity index (χ0) is 18.5. The molecule has 2 N–H and O–H groups in total. The van der Waals surface area contributed by atoms with Crippen molar-refractivity contribution in [2.24, 2.45) is 0 Å². The van der Waals surface area contributed by atoms with Crippen molar-refractivity contribution in [2.75, 3.05) is 5.32 Å². The van der Waals surface area contributed by atoms with E-state index in [1.807, 2.05) is 24.4 Å². The number of nitrogens with zero attached hydrogens (tertiary/aromatic N) is 1. The summed E-state index contributed by atoms with van der Waals surface area (Å²) in [6.07, 6.45) is 1.04. The number of ketones is 1. The van der Waals surface area contributed by atoms with Crippen LogP contribution < -0.4 is 5.32 Å². The standard InChI is InChI=1S/C21H18N2O3S/c1-11-18-19(12-6-7-27-10-12)20-15(22-21(18)26-23-11)8-13(9-17(20)25)14-4-2-3-5-16(14)24/h2-7,10,13,19,22,24H,8-9H2,1H3. The molecule has 1 aliphatic carbocycles. The van der Waals surface area contributed by atoms with Gasteiger partial charge in [0.2, 0.25) is 5.88 Å². The monoisotopic (exact) mass is 378 g/mol. The molecule has 0 fully saturated rings. The molecule has 136 valence electrons. The van der Waals surface area contributed by atoms with E-state index in [1.54, 1.807) is 23.5 Å². The number of phenols is 1. The van der Waals surface area contributed by atoms with Crippen LogP contribution in [0.3, 0.4) is 0 Å². The molecule has 0 amide bonds. The second-order valence-electron chi connectivity index (χ2n) is 7.10. The number of phenolic OH excluding ortho intramolecular Hbond substituents is 1. The Labute approximate surface area is 160 Å². The van der Waals surface area contributed by atoms with Gasteiger partial charge in [0.05, 0.1) is 11.3 Å². The van der Waals surface area contributed by atoms with Gasteiger partial charge in [0.1, 0.15) is 5.75 Å². The van der Waals surface area contributed by atoms with E-state index in [9.17, 15) is 9.90 Å². The van der Waals surface area contributed by atoms with Crippen molar-refractivity contribution in [3.05, 3.63) is 74.7 Å². The third-order valence-corrected chi connectivity index (χ3v) is 6.21. The molecule has 0 radical (unpaired) electrons. The number of aryl methyl sites for hydroxylation is 1. The molecule has 0 saturated carbocycles. The quantitative estimate of drug-likeness (QED) is 0.675. The minimum absolute atomic E-state index is 0.0568. The van der Waals surface area contributed by atoms with E-state index in [4.69, 9.17) is 4.52 Å². The van der Waals surface area contributed by atoms with Gasteiger partial charge in [0.15, 0.2) is 5.78 Å². The molecule has 3 heterocycles. The third kappa shape index (κ3) is 2.51. The zero-order valence-electron chi connectivity index (χ0n) is 14.7. The van der Waals surface area contributed by atoms with E-state index in [0.717, 1.165) is 33.7 Å². The van der Waals surface area contributed by atoms with Gasteiger partial charge in [-0.2, -0.15) is 11.3 Å². The summed E-state index contributed by atoms with van der Waals surface area (Å²) in [5.74, 6) is 0.763. The Bertz CT molecular complexity index is 1070. The number of fused-ring (bicyclic) bond motifs is 1. The lowest BCUT2D eigenvalue weighted by atomic mass is 9.73. The van der Waals surface area contributed by atoms with Crippen molar-refractivity contribution in [3.8, 4) is 5.75 Å². The number of aromatic nitrogens is 1. The number of hydrogen-bond donors (Lipinski definition) is 2. The lowest BCUT2D eigenvalue weighted by Gasteiger charge is -2.34. The molecule has 27 heavy (non-hydrogen) atoms. The number of Topliss-reactive ketones (excluding diaryl/α,β-unsaturated/α-hetero) is 1. The average molecular weight is 378 g/mol. The number of hydrogen-bond acceptors (Lipinski definition) is 6. The Hall–Kier alpha value is -2.86. The van der Waals surface area contributed by atoms with Gasteiger partial charge >= 0.3 is 0 Å². The molecule has 3 aromatic rings. The first kappa shape index (κ1) is 16.3. The number of allylic oxidation sites excluding steroid dienone is 2. The van der Waals surface area contributed by atoms with Crippen molar-refractivity contribution in [1.29, 1.82) is 0 Å². The van der Waals surface area contributed by atoms with Gasteiger partial charge in [-0.05, 0) is 47.4 Å². The van der Waals surface area contributed by atoms with Crippen molar-refractivity contribution in [1.82, 2.24) is 5.16 Å². The van der Waals surface area contributed by atoms with Gasteiger partial charge in [-0.3, -0.25) is 4.79 Å². The maximum absolute atomic E-state index is 13.2. The van der Waals surface area contributed by atoms with Crippen LogP contribution in [0.1, 0.15) is 47.1 Å². The molecule has 2 aromatic heterocycles. The minimum Gasteiger partial charge on any atom is -0.508 e. The summed E-state index contributed by atoms with van der Waals surface area (Å²) >= 11 is 1.62. The lowest BCUT2D eigenvalue weighted by molar-refractivity contribution is -0.116. The maximum Gasteiger partial charge on any atom is 0.233 e. The molecule has 1 aliphatic heterocycles. The number of benzene rings is 1. The molecular formula is C21H18N2O3S. The van der Waals surface area contributed by atoms with Gasteiger partial charge in [-0.15, -0.1) is 0 Å². The highest BCUT2D eigenvalue weighted by atomic mass is 32.1. The Morgan fingerprint density at radius 1 is 1.26 bits per heavy atom. The van der Waals surface area contributed by atoms with E-state index in [-0.39, 0.29) is 23.4 Å². The highest BCUT2D eigenvalue weighted by Crippen LogP contribution is 2.49. The molecule has 0 saturated heterocycles. The van der Waals surface area contributed by atoms with Crippen LogP contribution in [-0.2, 0) is 4.79 Å². The summed E-state index contributed by atoms with van der Waals surface area (Å²) in [4.78, 5) is 13.2. The number of thiophene rings is 1. The smallest absolute Gasteiger partial charge is 0.233 e. The van der Waals surface area contributed by atoms with Crippen LogP contribution in [0.5, 0.6) is 5.75 Å². The fraction of sp³-hybridized carbons (Fsp3) is 0.238. The van der Waals surface area contributed by atoms with Crippen molar-refractivity contribution in [3.63, 3.8) is 0 Å². The Morgan fingerprint density at radius 3 is 2.89 bits per heavy atom. The fourth-order valence-electron chi connectivity index (χ4n) is 4.30. The molecule has 1 aromatic carbocycles. The van der Waals surface area contributed by atoms with Gasteiger partial charge < -0.3 is 14.9 Å². The first-order valence-corrected chi connectivity index (χ1v) is 9.87. The van der Waals surface area contributed by atoms with Crippen molar-refractivity contribution in [2.45, 2.75) is 31.6 Å². The normalized spacial score (nSPS) is 21.6. The molecule has 5 rings (SSSR count). The molecule has 2 unspecified atom stereocenters. The zero-order valence-corrected chi connectivity index (χ0v) is 15.5. The molecule has 2 aliphatic rings. The third-order valence-electron chi connectivity index (χ3n) is 5.51. The van der Waals surface area contributed by atoms with Crippen LogP contribution in [-0.4, -0.2) is 16.0 Å². The van der Waals surface area contributed by atoms with Gasteiger partial charge in [-0.25, -0.2) is 0 Å². The summed E-state index contributed by atoms with van der Waals surface area (Å²) < 4.78 is 5.51. The number of para-hydroxylation sites is 1. The average Bonchev–Trinajstić information content (AvgIpc) is 3.31. The van der Waals surface area contributed by atoms with E-state index in [0.29, 0.717) is 18.7 Å². The summed E-state index contributed by atoms with van der Waals surface area (Å²) in [6, 6.07) is 9.31. The van der Waals surface area contributed by atoms with E-state index < -0.39 is 0 Å². The second kappa shape index (κ2) is 6.09. The largest absolute Gasteiger partial charge is 0.508 e. The topological polar surface area (TPSA) is 75.4 Å². The van der Waals surface area contributed by atoms with Crippen LogP contribution in [0, 0.1) is 6.92 Å². The van der Waals surface area contributed by atoms with Gasteiger partial charge in [-0.1, -0.05) is 23.4 Å². The summed E-state index contributed by atoms with van der Waals surface area (Å²) in [5, 5.41) is 21.8. The molecule has 2 atom stereocenters. The highest BCUT2D eigenvalue weighted by molar-refractivity contribution is 7.08. The number of carbonyl (C=O) groups excluding carboxylic acids is 1. The summed E-state index contributed by atoms with van der Waals surface area (Å²) in [6.45, 7) is 1.91. The van der Waals surface area contributed by atoms with Gasteiger partial charge in [0, 0.05) is 29.5 Å². The Kier molecular flexibility index (Phi) is 3.68.